The van der Waals surface area contributed by atoms with Crippen LogP contribution in [0.2, 0.25) is 0 Å². The Morgan fingerprint density at radius 1 is 0.302 bits per heavy atom. The summed E-state index contributed by atoms with van der Waals surface area (Å²) in [6, 6.07) is 29.1. The number of carbonyl (C=O) groups is 8. The number of H-pyrrole nitrogens is 2. The fraction of sp³-hybridized carbons (Fsp3) is 0.316. The van der Waals surface area contributed by atoms with E-state index in [-0.39, 0.29) is 77.8 Å². The normalized spacial score (nSPS) is 12.7. The van der Waals surface area contributed by atoms with E-state index in [0.29, 0.717) is 55.8 Å². The van der Waals surface area contributed by atoms with E-state index in [2.05, 4.69) is 51.5 Å². The average Bonchev–Trinajstić information content (AvgIpc) is 1.61. The molecule has 0 spiro atoms. The Morgan fingerprint density at radius 2 is 0.510 bits per heavy atom. The van der Waals surface area contributed by atoms with E-state index in [4.69, 9.17) is 9.97 Å². The molecule has 0 fully saturated rings. The van der Waals surface area contributed by atoms with Crippen molar-refractivity contribution in [3.05, 3.63) is 164 Å². The average molecular weight is 1300 g/mol. The SMILES string of the molecule is CC(C)(C)c1ccc(-c2c3nc(c(-c4c(CC(C(=O)O)C(=O)O)cc(C(C)(C)C)cc4CC(C(=O)O)C(=O)O)c4ccc([nH]4)c(-c4ccc(C(C)(C)C)cc4)c4nc(c(-c5c(CC(C(=O)O)C(=O)O)cc(C(C)(C)C)cc5CC(C(=O)O)C(=O)O)c5ccc2[nH]5)C=C4)C=C3)cc1. The summed E-state index contributed by atoms with van der Waals surface area (Å²) in [7, 11) is 0. The fourth-order valence-electron chi connectivity index (χ4n) is 12.3. The van der Waals surface area contributed by atoms with Crippen molar-refractivity contribution in [1.29, 1.82) is 0 Å². The molecule has 0 radical (unpaired) electrons. The zero-order chi connectivity index (χ0) is 70.6. The largest absolute Gasteiger partial charge is 0.481 e. The molecule has 4 aromatic carbocycles. The minimum absolute atomic E-state index is 0.134. The maximum Gasteiger partial charge on any atom is 0.318 e. The van der Waals surface area contributed by atoms with E-state index in [9.17, 15) is 79.2 Å². The number of carboxylic acid groups (broad SMARTS) is 8. The number of nitrogens with one attached hydrogen (secondary N) is 2. The van der Waals surface area contributed by atoms with Gasteiger partial charge in [-0.3, -0.25) is 38.4 Å². The van der Waals surface area contributed by atoms with E-state index in [1.807, 2.05) is 90.1 Å². The van der Waals surface area contributed by atoms with E-state index >= 15 is 0 Å². The minimum Gasteiger partial charge on any atom is -0.481 e. The second kappa shape index (κ2) is 26.2. The lowest BCUT2D eigenvalue weighted by Crippen LogP contribution is -2.28. The molecule has 7 aromatic rings. The number of aliphatic carboxylic acids is 8. The van der Waals surface area contributed by atoms with Crippen LogP contribution in [-0.2, 0) is 85.7 Å². The van der Waals surface area contributed by atoms with E-state index < -0.39 is 108 Å². The second-order valence-corrected chi connectivity index (χ2v) is 28.7. The summed E-state index contributed by atoms with van der Waals surface area (Å²) in [6.07, 6.45) is 4.25. The molecule has 498 valence electrons. The van der Waals surface area contributed by atoms with Gasteiger partial charge in [0, 0.05) is 44.3 Å². The number of nitrogens with zero attached hydrogens (tertiary/aromatic N) is 2. The Labute approximate surface area is 553 Å². The number of hydrogen-bond donors (Lipinski definition) is 10. The van der Waals surface area contributed by atoms with Gasteiger partial charge in [0.2, 0.25) is 0 Å². The molecule has 0 saturated carbocycles. The van der Waals surface area contributed by atoms with Crippen molar-refractivity contribution in [1.82, 2.24) is 19.9 Å². The predicted octanol–water partition coefficient (Wildman–Crippen LogP) is 13.8. The molecule has 3 aromatic heterocycles. The number of carboxylic acids is 8. The lowest BCUT2D eigenvalue weighted by atomic mass is 9.78. The maximum absolute atomic E-state index is 13.0. The summed E-state index contributed by atoms with van der Waals surface area (Å²) >= 11 is 0. The van der Waals surface area contributed by atoms with Gasteiger partial charge in [-0.2, -0.15) is 0 Å². The Kier molecular flexibility index (Phi) is 19.0. The smallest absolute Gasteiger partial charge is 0.318 e. The number of hydrogen-bond acceptors (Lipinski definition) is 10. The van der Waals surface area contributed by atoms with Gasteiger partial charge < -0.3 is 50.8 Å². The Morgan fingerprint density at radius 3 is 0.719 bits per heavy atom. The summed E-state index contributed by atoms with van der Waals surface area (Å²) < 4.78 is 0. The third-order valence-electron chi connectivity index (χ3n) is 17.7. The van der Waals surface area contributed by atoms with Crippen LogP contribution < -0.4 is 0 Å². The summed E-state index contributed by atoms with van der Waals surface area (Å²) in [5, 5.41) is 84.5. The molecule has 20 nitrogen and oxygen atoms in total. The molecule has 0 saturated heterocycles. The summed E-state index contributed by atoms with van der Waals surface area (Å²) in [5.41, 5.74) is 6.63. The molecule has 9 rings (SSSR count). The highest BCUT2D eigenvalue weighted by atomic mass is 16.4. The monoisotopic (exact) mass is 1300 g/mol. The molecular formula is C76H78N4O16. The lowest BCUT2D eigenvalue weighted by Gasteiger charge is -2.26. The van der Waals surface area contributed by atoms with Gasteiger partial charge in [0.1, 0.15) is 0 Å². The topological polar surface area (TPSA) is 356 Å². The van der Waals surface area contributed by atoms with Crippen LogP contribution in [0.1, 0.15) is 150 Å². The van der Waals surface area contributed by atoms with E-state index in [1.165, 1.54) is 0 Å². The highest BCUT2D eigenvalue weighted by Gasteiger charge is 2.37. The van der Waals surface area contributed by atoms with Crippen molar-refractivity contribution < 1.29 is 79.2 Å². The number of benzene rings is 4. The molecule has 10 N–H and O–H groups in total. The molecule has 8 bridgehead atoms. The number of fused-ring (bicyclic) bond motifs is 8. The van der Waals surface area contributed by atoms with Crippen molar-refractivity contribution in [2.45, 2.75) is 130 Å². The van der Waals surface area contributed by atoms with Crippen LogP contribution in [0.4, 0.5) is 0 Å². The van der Waals surface area contributed by atoms with Crippen LogP contribution in [0.25, 0.3) is 90.9 Å². The molecule has 2 aliphatic rings. The Hall–Kier alpha value is -10.8. The molecule has 20 heteroatoms. The van der Waals surface area contributed by atoms with Crippen LogP contribution in [0.15, 0.2) is 97.1 Å². The van der Waals surface area contributed by atoms with Gasteiger partial charge in [-0.25, -0.2) is 9.97 Å². The first kappa shape index (κ1) is 69.6. The summed E-state index contributed by atoms with van der Waals surface area (Å²) in [5.74, 6) is -21.4. The zero-order valence-electron chi connectivity index (χ0n) is 55.4. The van der Waals surface area contributed by atoms with Crippen molar-refractivity contribution in [3.63, 3.8) is 0 Å². The Balaban J connectivity index is 1.58. The first-order valence-electron chi connectivity index (χ1n) is 31.3. The quantitative estimate of drug-likeness (QED) is 0.0317. The van der Waals surface area contributed by atoms with Gasteiger partial charge in [-0.15, -0.1) is 0 Å². The number of aromatic amines is 2. The van der Waals surface area contributed by atoms with Crippen molar-refractivity contribution in [2.75, 3.05) is 0 Å². The molecule has 0 amide bonds. The molecule has 5 heterocycles. The number of rotatable bonds is 20. The molecule has 2 aliphatic heterocycles. The molecule has 0 atom stereocenters. The van der Waals surface area contributed by atoms with Gasteiger partial charge in [0.25, 0.3) is 0 Å². The van der Waals surface area contributed by atoms with Crippen molar-refractivity contribution >= 4 is 94.1 Å². The van der Waals surface area contributed by atoms with Gasteiger partial charge in [0.05, 0.1) is 22.8 Å². The lowest BCUT2D eigenvalue weighted by molar-refractivity contribution is -0.156. The first-order valence-corrected chi connectivity index (χ1v) is 31.3. The second-order valence-electron chi connectivity index (χ2n) is 28.7. The molecular weight excluding hydrogens is 1220 g/mol. The van der Waals surface area contributed by atoms with Crippen molar-refractivity contribution in [3.8, 4) is 44.5 Å². The molecule has 0 aliphatic carbocycles. The first-order chi connectivity index (χ1) is 44.7. The summed E-state index contributed by atoms with van der Waals surface area (Å²) in [4.78, 5) is 122. The fourth-order valence-corrected chi connectivity index (χ4v) is 12.3. The minimum atomic E-state index is -2.04. The van der Waals surface area contributed by atoms with Crippen LogP contribution >= 0.6 is 0 Å². The van der Waals surface area contributed by atoms with Crippen LogP contribution in [0.3, 0.4) is 0 Å². The van der Waals surface area contributed by atoms with Crippen LogP contribution in [-0.4, -0.2) is 109 Å². The van der Waals surface area contributed by atoms with E-state index in [1.54, 1.807) is 72.8 Å². The van der Waals surface area contributed by atoms with Gasteiger partial charge >= 0.3 is 47.8 Å². The van der Waals surface area contributed by atoms with Crippen molar-refractivity contribution in [2.24, 2.45) is 23.7 Å². The van der Waals surface area contributed by atoms with E-state index in [0.717, 1.165) is 11.1 Å². The Bertz CT molecular complexity index is 4150. The van der Waals surface area contributed by atoms with Gasteiger partial charge in [-0.05, 0) is 163 Å². The summed E-state index contributed by atoms with van der Waals surface area (Å²) in [6.45, 7) is 23.4. The maximum atomic E-state index is 13.0. The van der Waals surface area contributed by atoms with Crippen LogP contribution in [0, 0.1) is 23.7 Å². The molecule has 96 heavy (non-hydrogen) atoms. The standard InChI is InChI=1S/C76H78N4O16/c1-73(2,3)43-17-13-37(14-18-43)61-51-21-25-55(77-51)63(59-39(33-47(65(81)82)66(83)84)29-45(75(7,8)9)30-40(59)34-48(67(85)86)68(87)88)57-27-23-53(79-57)62(38-15-19-44(20-16-38)74(4,5)6)54-24-28-58(80-54)64(56-26-22-52(61)78-56)60-41(35-49(69(89)90)70(91)92)31-46(76(10,11)12)32-42(60)36-50(71(93)94)72(95)96/h13-32,47-50,77,80H,33-36H2,1-12H3,(H,81,82)(H,83,84)(H,85,86)(H,87,88)(H,89,90)(H,91,92)(H,93,94)(H,95,96). The van der Waals surface area contributed by atoms with Gasteiger partial charge in [-0.1, -0.05) is 156 Å². The highest BCUT2D eigenvalue weighted by Crippen LogP contribution is 2.45. The third-order valence-corrected chi connectivity index (χ3v) is 17.7. The molecule has 0 unspecified atom stereocenters. The number of aromatic nitrogens is 4. The highest BCUT2D eigenvalue weighted by molar-refractivity contribution is 6.03. The van der Waals surface area contributed by atoms with Gasteiger partial charge in [0.15, 0.2) is 23.7 Å². The third kappa shape index (κ3) is 14.5. The zero-order valence-corrected chi connectivity index (χ0v) is 55.4. The van der Waals surface area contributed by atoms with Crippen LogP contribution in [0.5, 0.6) is 0 Å². The predicted molar refractivity (Wildman–Crippen MR) is 365 cm³/mol.